The second-order valence-corrected chi connectivity index (χ2v) is 3.73. The first kappa shape index (κ1) is 10.4. The molecule has 0 atom stereocenters. The van der Waals surface area contributed by atoms with Crippen molar-refractivity contribution in [3.05, 3.63) is 36.0 Å². The van der Waals surface area contributed by atoms with Crippen molar-refractivity contribution in [1.29, 1.82) is 0 Å². The third-order valence-corrected chi connectivity index (χ3v) is 2.38. The van der Waals surface area contributed by atoms with Crippen molar-refractivity contribution in [2.45, 2.75) is 0 Å². The average molecular weight is 216 g/mol. The van der Waals surface area contributed by atoms with Crippen LogP contribution in [0.15, 0.2) is 30.5 Å². The van der Waals surface area contributed by atoms with Crippen LogP contribution in [0.2, 0.25) is 0 Å². The lowest BCUT2D eigenvalue weighted by molar-refractivity contribution is 0.0826. The summed E-state index contributed by atoms with van der Waals surface area (Å²) < 4.78 is 0. The quantitative estimate of drug-likeness (QED) is 0.788. The van der Waals surface area contributed by atoms with Crippen molar-refractivity contribution < 1.29 is 9.90 Å². The number of hydrogen-bond acceptors (Lipinski definition) is 3. The van der Waals surface area contributed by atoms with E-state index in [-0.39, 0.29) is 11.7 Å². The van der Waals surface area contributed by atoms with E-state index in [0.29, 0.717) is 16.5 Å². The van der Waals surface area contributed by atoms with Gasteiger partial charge in [0.25, 0.3) is 5.91 Å². The summed E-state index contributed by atoms with van der Waals surface area (Å²) in [7, 11) is 3.30. The van der Waals surface area contributed by atoms with Crippen LogP contribution in [0.1, 0.15) is 10.4 Å². The van der Waals surface area contributed by atoms with E-state index >= 15 is 0 Å². The molecule has 0 aliphatic rings. The van der Waals surface area contributed by atoms with Gasteiger partial charge in [-0.2, -0.15) is 0 Å². The highest BCUT2D eigenvalue weighted by atomic mass is 16.3. The normalized spacial score (nSPS) is 10.4. The van der Waals surface area contributed by atoms with Crippen LogP contribution in [0, 0.1) is 0 Å². The number of phenolic OH excluding ortho intramolecular Hbond substituents is 1. The van der Waals surface area contributed by atoms with Crippen molar-refractivity contribution in [3.8, 4) is 5.75 Å². The van der Waals surface area contributed by atoms with Gasteiger partial charge in [0.1, 0.15) is 5.75 Å². The third kappa shape index (κ3) is 1.58. The number of carbonyl (C=O) groups is 1. The zero-order chi connectivity index (χ0) is 11.7. The molecule has 1 aromatic heterocycles. The number of carbonyl (C=O) groups excluding carboxylic acids is 1. The van der Waals surface area contributed by atoms with Crippen LogP contribution >= 0.6 is 0 Å². The smallest absolute Gasteiger partial charge is 0.257 e. The van der Waals surface area contributed by atoms with Gasteiger partial charge in [-0.3, -0.25) is 9.78 Å². The van der Waals surface area contributed by atoms with E-state index in [4.69, 9.17) is 0 Å². The first-order valence-corrected chi connectivity index (χ1v) is 4.89. The molecule has 0 bridgehead atoms. The van der Waals surface area contributed by atoms with E-state index in [0.717, 1.165) is 0 Å². The molecule has 0 saturated carbocycles. The molecule has 0 unspecified atom stereocenters. The summed E-state index contributed by atoms with van der Waals surface area (Å²) in [6.07, 6.45) is 1.66. The number of hydrogen-bond donors (Lipinski definition) is 1. The summed E-state index contributed by atoms with van der Waals surface area (Å²) >= 11 is 0. The molecule has 4 heteroatoms. The lowest BCUT2D eigenvalue weighted by atomic mass is 10.1. The molecule has 1 aromatic carbocycles. The van der Waals surface area contributed by atoms with Crippen molar-refractivity contribution >= 4 is 16.8 Å². The molecule has 82 valence electrons. The molecule has 2 aromatic rings. The topological polar surface area (TPSA) is 53.4 Å². The number of aromatic hydroxyl groups is 1. The fourth-order valence-electron chi connectivity index (χ4n) is 1.59. The minimum absolute atomic E-state index is 0.0146. The number of amides is 1. The van der Waals surface area contributed by atoms with Gasteiger partial charge in [-0.15, -0.1) is 0 Å². The van der Waals surface area contributed by atoms with Gasteiger partial charge in [0.05, 0.1) is 11.1 Å². The summed E-state index contributed by atoms with van der Waals surface area (Å²) in [5.74, 6) is -0.240. The van der Waals surface area contributed by atoms with Crippen LogP contribution in [0.3, 0.4) is 0 Å². The average Bonchev–Trinajstić information content (AvgIpc) is 2.28. The Morgan fingerprint density at radius 3 is 2.75 bits per heavy atom. The van der Waals surface area contributed by atoms with E-state index in [2.05, 4.69) is 4.98 Å². The van der Waals surface area contributed by atoms with Crippen molar-refractivity contribution in [1.82, 2.24) is 9.88 Å². The first-order valence-electron chi connectivity index (χ1n) is 4.89. The number of aromatic nitrogens is 1. The van der Waals surface area contributed by atoms with E-state index in [1.165, 1.54) is 11.0 Å². The summed E-state index contributed by atoms with van der Waals surface area (Å²) in [4.78, 5) is 17.5. The Bertz CT molecular complexity index is 550. The van der Waals surface area contributed by atoms with Crippen molar-refractivity contribution in [3.63, 3.8) is 0 Å². The van der Waals surface area contributed by atoms with Crippen LogP contribution < -0.4 is 0 Å². The molecule has 0 aliphatic carbocycles. The molecule has 1 amide bonds. The van der Waals surface area contributed by atoms with E-state index in [1.807, 2.05) is 0 Å². The molecule has 0 spiro atoms. The monoisotopic (exact) mass is 216 g/mol. The number of fused-ring (bicyclic) bond motifs is 1. The van der Waals surface area contributed by atoms with Gasteiger partial charge in [0.15, 0.2) is 0 Å². The van der Waals surface area contributed by atoms with E-state index in [1.54, 1.807) is 38.5 Å². The third-order valence-electron chi connectivity index (χ3n) is 2.38. The summed E-state index contributed by atoms with van der Waals surface area (Å²) in [6, 6.07) is 6.70. The fraction of sp³-hybridized carbons (Fsp3) is 0.167. The maximum Gasteiger partial charge on any atom is 0.257 e. The predicted molar refractivity (Wildman–Crippen MR) is 61.4 cm³/mol. The maximum absolute atomic E-state index is 11.9. The summed E-state index contributed by atoms with van der Waals surface area (Å²) in [5, 5.41) is 10.4. The number of nitrogens with zero attached hydrogens (tertiary/aromatic N) is 2. The second-order valence-electron chi connectivity index (χ2n) is 3.73. The van der Waals surface area contributed by atoms with Gasteiger partial charge >= 0.3 is 0 Å². The number of pyridine rings is 1. The molecule has 2 rings (SSSR count). The van der Waals surface area contributed by atoms with Gasteiger partial charge in [-0.1, -0.05) is 6.07 Å². The number of benzene rings is 1. The Morgan fingerprint density at radius 1 is 1.31 bits per heavy atom. The molecule has 0 radical (unpaired) electrons. The van der Waals surface area contributed by atoms with Crippen LogP contribution in [-0.2, 0) is 0 Å². The van der Waals surface area contributed by atoms with Gasteiger partial charge in [-0.05, 0) is 18.2 Å². The Kier molecular flexibility index (Phi) is 2.48. The number of phenols is 1. The van der Waals surface area contributed by atoms with Gasteiger partial charge < -0.3 is 10.0 Å². The highest BCUT2D eigenvalue weighted by Crippen LogP contribution is 2.26. The van der Waals surface area contributed by atoms with Crippen LogP contribution in [0.25, 0.3) is 10.9 Å². The molecule has 0 saturated heterocycles. The first-order chi connectivity index (χ1) is 7.61. The summed E-state index contributed by atoms with van der Waals surface area (Å²) in [6.45, 7) is 0. The van der Waals surface area contributed by atoms with Crippen LogP contribution in [-0.4, -0.2) is 35.0 Å². The highest BCUT2D eigenvalue weighted by molar-refractivity contribution is 6.08. The summed E-state index contributed by atoms with van der Waals surface area (Å²) in [5.41, 5.74) is 1.00. The largest absolute Gasteiger partial charge is 0.507 e. The lowest BCUT2D eigenvalue weighted by Gasteiger charge is -2.13. The van der Waals surface area contributed by atoms with E-state index in [9.17, 15) is 9.90 Å². The van der Waals surface area contributed by atoms with Crippen LogP contribution in [0.4, 0.5) is 0 Å². The van der Waals surface area contributed by atoms with Gasteiger partial charge in [-0.25, -0.2) is 0 Å². The van der Waals surface area contributed by atoms with Crippen molar-refractivity contribution in [2.24, 2.45) is 0 Å². The zero-order valence-corrected chi connectivity index (χ0v) is 9.14. The Balaban J connectivity index is 2.75. The van der Waals surface area contributed by atoms with E-state index < -0.39 is 0 Å². The predicted octanol–water partition coefficient (Wildman–Crippen LogP) is 1.64. The molecule has 4 nitrogen and oxygen atoms in total. The maximum atomic E-state index is 11.9. The van der Waals surface area contributed by atoms with Crippen LogP contribution in [0.5, 0.6) is 5.75 Å². The highest BCUT2D eigenvalue weighted by Gasteiger charge is 2.16. The molecule has 1 N–H and O–H groups in total. The SMILES string of the molecule is CN(C)C(=O)c1c(O)ccc2ncccc12. The van der Waals surface area contributed by atoms with Gasteiger partial charge in [0, 0.05) is 25.7 Å². The Morgan fingerprint density at radius 2 is 2.06 bits per heavy atom. The molecule has 16 heavy (non-hydrogen) atoms. The lowest BCUT2D eigenvalue weighted by Crippen LogP contribution is -2.22. The second kappa shape index (κ2) is 3.81. The number of rotatable bonds is 1. The Labute approximate surface area is 93.1 Å². The molecule has 0 aliphatic heterocycles. The minimum Gasteiger partial charge on any atom is -0.507 e. The molecule has 0 fully saturated rings. The minimum atomic E-state index is -0.226. The molecular weight excluding hydrogens is 204 g/mol. The molecule has 1 heterocycles. The molecular formula is C12H12N2O2. The van der Waals surface area contributed by atoms with Crippen molar-refractivity contribution in [2.75, 3.05) is 14.1 Å². The standard InChI is InChI=1S/C12H12N2O2/c1-14(2)12(16)11-8-4-3-7-13-9(8)5-6-10(11)15/h3-7,15H,1-2H3. The van der Waals surface area contributed by atoms with Gasteiger partial charge in [0.2, 0.25) is 0 Å². The fourth-order valence-corrected chi connectivity index (χ4v) is 1.59. The zero-order valence-electron chi connectivity index (χ0n) is 9.14. The Hall–Kier alpha value is -2.10.